The molecule has 0 saturated carbocycles. The van der Waals surface area contributed by atoms with Crippen LogP contribution in [0.2, 0.25) is 0 Å². The zero-order valence-corrected chi connectivity index (χ0v) is 11.3. The standard InChI is InChI=1S/C14H29NO/c1-4-5-6-7-8-14-13(9-10-16-14)11-15-12(2)3/h12-15H,4-11H2,1-3H3. The van der Waals surface area contributed by atoms with E-state index in [1.165, 1.54) is 38.5 Å². The molecular formula is C14H29NO. The van der Waals surface area contributed by atoms with Crippen molar-refractivity contribution in [2.24, 2.45) is 5.92 Å². The number of nitrogens with one attached hydrogen (secondary N) is 1. The van der Waals surface area contributed by atoms with Gasteiger partial charge in [0.1, 0.15) is 0 Å². The van der Waals surface area contributed by atoms with Gasteiger partial charge in [0.2, 0.25) is 0 Å². The molecule has 1 saturated heterocycles. The van der Waals surface area contributed by atoms with Gasteiger partial charge in [-0.1, -0.05) is 46.5 Å². The van der Waals surface area contributed by atoms with Crippen LogP contribution in [0.25, 0.3) is 0 Å². The highest BCUT2D eigenvalue weighted by Crippen LogP contribution is 2.25. The van der Waals surface area contributed by atoms with Crippen molar-refractivity contribution in [2.45, 2.75) is 71.4 Å². The second-order valence-electron chi connectivity index (χ2n) is 5.37. The van der Waals surface area contributed by atoms with Crippen LogP contribution < -0.4 is 5.32 Å². The fraction of sp³-hybridized carbons (Fsp3) is 1.00. The Morgan fingerprint density at radius 3 is 2.75 bits per heavy atom. The summed E-state index contributed by atoms with van der Waals surface area (Å²) in [5.41, 5.74) is 0. The smallest absolute Gasteiger partial charge is 0.0616 e. The van der Waals surface area contributed by atoms with Gasteiger partial charge in [-0.15, -0.1) is 0 Å². The summed E-state index contributed by atoms with van der Waals surface area (Å²) in [7, 11) is 0. The van der Waals surface area contributed by atoms with E-state index in [-0.39, 0.29) is 0 Å². The Morgan fingerprint density at radius 2 is 2.06 bits per heavy atom. The molecule has 0 aromatic rings. The number of unbranched alkanes of at least 4 members (excludes halogenated alkanes) is 3. The predicted molar refractivity (Wildman–Crippen MR) is 69.7 cm³/mol. The molecular weight excluding hydrogens is 198 g/mol. The minimum atomic E-state index is 0.531. The van der Waals surface area contributed by atoms with Crippen LogP contribution in [0, 0.1) is 5.92 Å². The summed E-state index contributed by atoms with van der Waals surface area (Å²) >= 11 is 0. The first-order valence-corrected chi connectivity index (χ1v) is 7.09. The Morgan fingerprint density at radius 1 is 1.25 bits per heavy atom. The van der Waals surface area contributed by atoms with E-state index in [1.54, 1.807) is 0 Å². The molecule has 1 aliphatic heterocycles. The molecule has 2 atom stereocenters. The highest BCUT2D eigenvalue weighted by atomic mass is 16.5. The molecule has 1 rings (SSSR count). The second kappa shape index (κ2) is 8.08. The Kier molecular flexibility index (Phi) is 7.06. The van der Waals surface area contributed by atoms with Gasteiger partial charge >= 0.3 is 0 Å². The van der Waals surface area contributed by atoms with Crippen LogP contribution in [0.5, 0.6) is 0 Å². The van der Waals surface area contributed by atoms with E-state index >= 15 is 0 Å². The van der Waals surface area contributed by atoms with E-state index in [0.717, 1.165) is 19.1 Å². The quantitative estimate of drug-likeness (QED) is 0.642. The fourth-order valence-electron chi connectivity index (χ4n) is 2.40. The number of hydrogen-bond acceptors (Lipinski definition) is 2. The lowest BCUT2D eigenvalue weighted by Crippen LogP contribution is -2.32. The Hall–Kier alpha value is -0.0800. The maximum Gasteiger partial charge on any atom is 0.0616 e. The van der Waals surface area contributed by atoms with Gasteiger partial charge < -0.3 is 10.1 Å². The Balaban J connectivity index is 2.13. The van der Waals surface area contributed by atoms with Gasteiger partial charge in [0.05, 0.1) is 6.10 Å². The average Bonchev–Trinajstić information content (AvgIpc) is 2.69. The topological polar surface area (TPSA) is 21.3 Å². The van der Waals surface area contributed by atoms with E-state index in [2.05, 4.69) is 26.1 Å². The van der Waals surface area contributed by atoms with Crippen LogP contribution in [-0.2, 0) is 4.74 Å². The zero-order chi connectivity index (χ0) is 11.8. The first kappa shape index (κ1) is 14.0. The molecule has 0 bridgehead atoms. The van der Waals surface area contributed by atoms with Gasteiger partial charge in [-0.05, 0) is 18.8 Å². The van der Waals surface area contributed by atoms with Crippen molar-refractivity contribution in [1.82, 2.24) is 5.32 Å². The maximum absolute atomic E-state index is 5.84. The third-order valence-electron chi connectivity index (χ3n) is 3.48. The molecule has 0 radical (unpaired) electrons. The van der Waals surface area contributed by atoms with Crippen LogP contribution >= 0.6 is 0 Å². The number of ether oxygens (including phenoxy) is 1. The van der Waals surface area contributed by atoms with Crippen molar-refractivity contribution in [3.63, 3.8) is 0 Å². The van der Waals surface area contributed by atoms with Gasteiger partial charge in [0, 0.05) is 19.2 Å². The molecule has 0 amide bonds. The van der Waals surface area contributed by atoms with Crippen LogP contribution in [0.1, 0.15) is 59.3 Å². The average molecular weight is 227 g/mol. The minimum Gasteiger partial charge on any atom is -0.378 e. The van der Waals surface area contributed by atoms with E-state index in [4.69, 9.17) is 4.74 Å². The largest absolute Gasteiger partial charge is 0.378 e. The first-order chi connectivity index (χ1) is 7.74. The SMILES string of the molecule is CCCCCCC1OCCC1CNC(C)C. The monoisotopic (exact) mass is 227 g/mol. The zero-order valence-electron chi connectivity index (χ0n) is 11.3. The van der Waals surface area contributed by atoms with Crippen LogP contribution in [0.3, 0.4) is 0 Å². The Labute approximate surface area is 101 Å². The highest BCUT2D eigenvalue weighted by Gasteiger charge is 2.27. The molecule has 1 heterocycles. The van der Waals surface area contributed by atoms with Gasteiger partial charge in [-0.2, -0.15) is 0 Å². The van der Waals surface area contributed by atoms with Crippen molar-refractivity contribution in [2.75, 3.05) is 13.2 Å². The van der Waals surface area contributed by atoms with E-state index in [9.17, 15) is 0 Å². The molecule has 2 unspecified atom stereocenters. The molecule has 1 N–H and O–H groups in total. The lowest BCUT2D eigenvalue weighted by molar-refractivity contribution is 0.0805. The van der Waals surface area contributed by atoms with Crippen LogP contribution in [-0.4, -0.2) is 25.3 Å². The summed E-state index contributed by atoms with van der Waals surface area (Å²) in [5, 5.41) is 3.54. The molecule has 1 aliphatic rings. The highest BCUT2D eigenvalue weighted by molar-refractivity contribution is 4.78. The summed E-state index contributed by atoms with van der Waals surface area (Å²) in [5.74, 6) is 0.754. The van der Waals surface area contributed by atoms with Crippen molar-refractivity contribution in [3.8, 4) is 0 Å². The molecule has 0 aliphatic carbocycles. The lowest BCUT2D eigenvalue weighted by Gasteiger charge is -2.20. The normalized spacial score (nSPS) is 25.5. The fourth-order valence-corrected chi connectivity index (χ4v) is 2.40. The summed E-state index contributed by atoms with van der Waals surface area (Å²) < 4.78 is 5.84. The van der Waals surface area contributed by atoms with Crippen LogP contribution in [0.15, 0.2) is 0 Å². The lowest BCUT2D eigenvalue weighted by atomic mass is 9.96. The molecule has 16 heavy (non-hydrogen) atoms. The maximum atomic E-state index is 5.84. The molecule has 0 aromatic heterocycles. The van der Waals surface area contributed by atoms with Crippen molar-refractivity contribution in [3.05, 3.63) is 0 Å². The molecule has 2 heteroatoms. The third-order valence-corrected chi connectivity index (χ3v) is 3.48. The Bertz CT molecular complexity index is 170. The van der Waals surface area contributed by atoms with Gasteiger partial charge in [-0.25, -0.2) is 0 Å². The number of hydrogen-bond donors (Lipinski definition) is 1. The van der Waals surface area contributed by atoms with Crippen LogP contribution in [0.4, 0.5) is 0 Å². The van der Waals surface area contributed by atoms with Gasteiger partial charge in [0.25, 0.3) is 0 Å². The summed E-state index contributed by atoms with van der Waals surface area (Å²) in [6.07, 6.45) is 8.47. The molecule has 1 fully saturated rings. The predicted octanol–water partition coefficient (Wildman–Crippen LogP) is 3.36. The van der Waals surface area contributed by atoms with E-state index < -0.39 is 0 Å². The molecule has 2 nitrogen and oxygen atoms in total. The molecule has 96 valence electrons. The number of rotatable bonds is 8. The molecule has 0 spiro atoms. The summed E-state index contributed by atoms with van der Waals surface area (Å²) in [4.78, 5) is 0. The summed E-state index contributed by atoms with van der Waals surface area (Å²) in [6.45, 7) is 8.80. The van der Waals surface area contributed by atoms with Gasteiger partial charge in [-0.3, -0.25) is 0 Å². The van der Waals surface area contributed by atoms with Gasteiger partial charge in [0.15, 0.2) is 0 Å². The van der Waals surface area contributed by atoms with Crippen molar-refractivity contribution < 1.29 is 4.74 Å². The summed E-state index contributed by atoms with van der Waals surface area (Å²) in [6, 6.07) is 0.598. The third kappa shape index (κ3) is 5.31. The van der Waals surface area contributed by atoms with Crippen molar-refractivity contribution in [1.29, 1.82) is 0 Å². The van der Waals surface area contributed by atoms with E-state index in [1.807, 2.05) is 0 Å². The molecule has 0 aromatic carbocycles. The first-order valence-electron chi connectivity index (χ1n) is 7.09. The minimum absolute atomic E-state index is 0.531. The second-order valence-corrected chi connectivity index (χ2v) is 5.37. The van der Waals surface area contributed by atoms with Crippen molar-refractivity contribution >= 4 is 0 Å². The van der Waals surface area contributed by atoms with E-state index in [0.29, 0.717) is 12.1 Å².